The van der Waals surface area contributed by atoms with Gasteiger partial charge in [-0.25, -0.2) is 16.8 Å². The maximum Gasteiger partial charge on any atom is 0.207 e. The molecule has 0 spiro atoms. The maximum absolute atomic E-state index is 12.9. The summed E-state index contributed by atoms with van der Waals surface area (Å²) in [6, 6.07) is 15.0. The first-order valence-corrected chi connectivity index (χ1v) is 10.4. The number of hydrogen-bond donors (Lipinski definition) is 2. The zero-order valence-electron chi connectivity index (χ0n) is 13.3. The standard InChI is InChI=1S/C18H14O6S2/c19-13-5-9-15(10-6-13)25(21,22)17-3-1-2-4-18(17)26(23,24)16-11-7-14(20)8-12-16/h1-12,19-20H. The lowest BCUT2D eigenvalue weighted by Crippen LogP contribution is -2.10. The van der Waals surface area contributed by atoms with Crippen molar-refractivity contribution in [3.63, 3.8) is 0 Å². The largest absolute Gasteiger partial charge is 0.508 e. The SMILES string of the molecule is O=S(=O)(c1ccc(O)cc1)c1ccccc1S(=O)(=O)c1ccc(O)cc1. The molecule has 0 heterocycles. The topological polar surface area (TPSA) is 109 Å². The van der Waals surface area contributed by atoms with E-state index in [2.05, 4.69) is 0 Å². The highest BCUT2D eigenvalue weighted by Gasteiger charge is 2.28. The summed E-state index contributed by atoms with van der Waals surface area (Å²) in [6.07, 6.45) is 0. The zero-order valence-corrected chi connectivity index (χ0v) is 14.9. The van der Waals surface area contributed by atoms with E-state index >= 15 is 0 Å². The maximum atomic E-state index is 12.9. The van der Waals surface area contributed by atoms with Crippen molar-refractivity contribution >= 4 is 19.7 Å². The molecule has 0 aliphatic rings. The van der Waals surface area contributed by atoms with Crippen molar-refractivity contribution in [3.05, 3.63) is 72.8 Å². The number of aromatic hydroxyl groups is 2. The second-order valence-electron chi connectivity index (χ2n) is 5.44. The fraction of sp³-hybridized carbons (Fsp3) is 0. The van der Waals surface area contributed by atoms with Crippen molar-refractivity contribution < 1.29 is 27.0 Å². The first-order valence-electron chi connectivity index (χ1n) is 7.40. The van der Waals surface area contributed by atoms with Crippen LogP contribution in [0, 0.1) is 0 Å². The highest BCUT2D eigenvalue weighted by molar-refractivity contribution is 7.94. The van der Waals surface area contributed by atoms with Crippen molar-refractivity contribution in [1.29, 1.82) is 0 Å². The van der Waals surface area contributed by atoms with Crippen LogP contribution in [0.2, 0.25) is 0 Å². The first kappa shape index (κ1) is 18.0. The molecule has 134 valence electrons. The lowest BCUT2D eigenvalue weighted by molar-refractivity contribution is 0.474. The minimum Gasteiger partial charge on any atom is -0.508 e. The molecule has 0 unspecified atom stereocenters. The highest BCUT2D eigenvalue weighted by atomic mass is 32.2. The van der Waals surface area contributed by atoms with Gasteiger partial charge < -0.3 is 10.2 Å². The zero-order chi connectivity index (χ0) is 18.9. The molecule has 0 saturated heterocycles. The molecule has 0 radical (unpaired) electrons. The van der Waals surface area contributed by atoms with Gasteiger partial charge in [0.15, 0.2) is 0 Å². The molecule has 0 fully saturated rings. The Bertz CT molecular complexity index is 1050. The Morgan fingerprint density at radius 2 is 0.808 bits per heavy atom. The van der Waals surface area contributed by atoms with Crippen molar-refractivity contribution in [1.82, 2.24) is 0 Å². The quantitative estimate of drug-likeness (QED) is 0.709. The summed E-state index contributed by atoms with van der Waals surface area (Å²) in [5.41, 5.74) is 0. The normalized spacial score (nSPS) is 12.0. The summed E-state index contributed by atoms with van der Waals surface area (Å²) in [6.45, 7) is 0. The third-order valence-corrected chi connectivity index (χ3v) is 7.51. The van der Waals surface area contributed by atoms with Crippen molar-refractivity contribution in [2.45, 2.75) is 19.6 Å². The van der Waals surface area contributed by atoms with Crippen LogP contribution >= 0.6 is 0 Å². The van der Waals surface area contributed by atoms with E-state index in [1.807, 2.05) is 0 Å². The molecule has 8 heteroatoms. The summed E-state index contributed by atoms with van der Waals surface area (Å²) in [5, 5.41) is 18.7. The van der Waals surface area contributed by atoms with Crippen LogP contribution in [0.15, 0.2) is 92.4 Å². The monoisotopic (exact) mass is 390 g/mol. The second-order valence-corrected chi connectivity index (χ2v) is 9.28. The lowest BCUT2D eigenvalue weighted by atomic mass is 10.3. The van der Waals surface area contributed by atoms with E-state index in [1.165, 1.54) is 72.8 Å². The van der Waals surface area contributed by atoms with Gasteiger partial charge in [-0.2, -0.15) is 0 Å². The highest BCUT2D eigenvalue weighted by Crippen LogP contribution is 2.31. The van der Waals surface area contributed by atoms with E-state index in [9.17, 15) is 27.0 Å². The molecule has 0 amide bonds. The molecule has 3 aromatic carbocycles. The molecule has 6 nitrogen and oxygen atoms in total. The summed E-state index contributed by atoms with van der Waals surface area (Å²) >= 11 is 0. The van der Waals surface area contributed by atoms with Gasteiger partial charge in [0.2, 0.25) is 19.7 Å². The van der Waals surface area contributed by atoms with Crippen LogP contribution < -0.4 is 0 Å². The van der Waals surface area contributed by atoms with E-state index in [0.717, 1.165) is 0 Å². The molecule has 0 aliphatic carbocycles. The molecule has 3 rings (SSSR count). The number of rotatable bonds is 4. The molecule has 0 atom stereocenters. The molecule has 0 aliphatic heterocycles. The Labute approximate surface area is 150 Å². The van der Waals surface area contributed by atoms with Crippen LogP contribution in [0.25, 0.3) is 0 Å². The number of phenolic OH excluding ortho intramolecular Hbond substituents is 2. The van der Waals surface area contributed by atoms with Gasteiger partial charge in [0, 0.05) is 0 Å². The minimum atomic E-state index is -4.13. The van der Waals surface area contributed by atoms with Gasteiger partial charge in [-0.3, -0.25) is 0 Å². The van der Waals surface area contributed by atoms with Crippen LogP contribution in [0.1, 0.15) is 0 Å². The van der Waals surface area contributed by atoms with Gasteiger partial charge in [-0.1, -0.05) is 12.1 Å². The molecule has 2 N–H and O–H groups in total. The van der Waals surface area contributed by atoms with Crippen molar-refractivity contribution in [2.75, 3.05) is 0 Å². The second kappa shape index (κ2) is 6.47. The Morgan fingerprint density at radius 1 is 0.500 bits per heavy atom. The Kier molecular flexibility index (Phi) is 4.47. The molecule has 0 bridgehead atoms. The van der Waals surface area contributed by atoms with Gasteiger partial charge in [0.05, 0.1) is 19.6 Å². The van der Waals surface area contributed by atoms with Crippen LogP contribution in [0.5, 0.6) is 11.5 Å². The van der Waals surface area contributed by atoms with E-state index in [4.69, 9.17) is 0 Å². The summed E-state index contributed by atoms with van der Waals surface area (Å²) < 4.78 is 51.6. The van der Waals surface area contributed by atoms with Gasteiger partial charge in [0.1, 0.15) is 11.5 Å². The van der Waals surface area contributed by atoms with Gasteiger partial charge in [-0.15, -0.1) is 0 Å². The summed E-state index contributed by atoms with van der Waals surface area (Å²) in [5.74, 6) is -0.206. The predicted molar refractivity (Wildman–Crippen MR) is 93.6 cm³/mol. The predicted octanol–water partition coefficient (Wildman–Crippen LogP) is 2.76. The van der Waals surface area contributed by atoms with Gasteiger partial charge >= 0.3 is 0 Å². The number of benzene rings is 3. The molecular formula is C18H14O6S2. The average Bonchev–Trinajstić information content (AvgIpc) is 2.62. The summed E-state index contributed by atoms with van der Waals surface area (Å²) in [4.78, 5) is -0.996. The Balaban J connectivity index is 2.20. The Hall–Kier alpha value is -2.84. The van der Waals surface area contributed by atoms with Crippen LogP contribution in [-0.2, 0) is 19.7 Å². The number of phenols is 2. The van der Waals surface area contributed by atoms with Crippen LogP contribution in [0.4, 0.5) is 0 Å². The molecule has 26 heavy (non-hydrogen) atoms. The van der Waals surface area contributed by atoms with Crippen LogP contribution in [0.3, 0.4) is 0 Å². The minimum absolute atomic E-state index is 0.103. The summed E-state index contributed by atoms with van der Waals surface area (Å²) in [7, 11) is -8.25. The van der Waals surface area contributed by atoms with E-state index in [-0.39, 0.29) is 31.1 Å². The van der Waals surface area contributed by atoms with E-state index < -0.39 is 19.7 Å². The fourth-order valence-electron chi connectivity index (χ4n) is 2.40. The average molecular weight is 390 g/mol. The number of sulfone groups is 2. The van der Waals surface area contributed by atoms with Crippen molar-refractivity contribution in [3.8, 4) is 11.5 Å². The molecule has 0 aromatic heterocycles. The molecule has 3 aromatic rings. The van der Waals surface area contributed by atoms with E-state index in [0.29, 0.717) is 0 Å². The number of hydrogen-bond acceptors (Lipinski definition) is 6. The Morgan fingerprint density at radius 3 is 1.12 bits per heavy atom. The first-order chi connectivity index (χ1) is 12.2. The lowest BCUT2D eigenvalue weighted by Gasteiger charge is -2.12. The third-order valence-electron chi connectivity index (χ3n) is 3.72. The van der Waals surface area contributed by atoms with Gasteiger partial charge in [-0.05, 0) is 60.7 Å². The molecule has 0 saturated carbocycles. The fourth-order valence-corrected chi connectivity index (χ4v) is 5.73. The smallest absolute Gasteiger partial charge is 0.207 e. The van der Waals surface area contributed by atoms with Crippen molar-refractivity contribution in [2.24, 2.45) is 0 Å². The van der Waals surface area contributed by atoms with E-state index in [1.54, 1.807) is 0 Å². The van der Waals surface area contributed by atoms with Crippen LogP contribution in [-0.4, -0.2) is 27.0 Å². The molecular weight excluding hydrogens is 376 g/mol. The van der Waals surface area contributed by atoms with Gasteiger partial charge in [0.25, 0.3) is 0 Å². The third kappa shape index (κ3) is 3.16.